The van der Waals surface area contributed by atoms with E-state index in [-0.39, 0.29) is 11.1 Å². The van der Waals surface area contributed by atoms with Gasteiger partial charge >= 0.3 is 0 Å². The second-order valence-corrected chi connectivity index (χ2v) is 5.46. The number of nitrogens with zero attached hydrogens (tertiary/aromatic N) is 4. The summed E-state index contributed by atoms with van der Waals surface area (Å²) >= 11 is 5.98. The van der Waals surface area contributed by atoms with E-state index in [1.165, 1.54) is 0 Å². The maximum atomic E-state index is 12.5. The van der Waals surface area contributed by atoms with E-state index in [0.717, 1.165) is 17.1 Å². The van der Waals surface area contributed by atoms with Crippen LogP contribution in [-0.4, -0.2) is 40.7 Å². The van der Waals surface area contributed by atoms with Crippen molar-refractivity contribution in [2.75, 3.05) is 13.1 Å². The molecular formula is C16H12ClN5O. The van der Waals surface area contributed by atoms with Gasteiger partial charge in [-0.2, -0.15) is 0 Å². The number of carbonyl (C=O) groups is 1. The first-order valence-electron chi connectivity index (χ1n) is 7.16. The number of amides is 1. The molecule has 7 heteroatoms. The highest BCUT2D eigenvalue weighted by Gasteiger charge is 2.30. The van der Waals surface area contributed by atoms with Crippen LogP contribution < -0.4 is 5.32 Å². The van der Waals surface area contributed by atoms with Gasteiger partial charge in [0.1, 0.15) is 11.0 Å². The van der Waals surface area contributed by atoms with Crippen LogP contribution >= 0.6 is 11.6 Å². The van der Waals surface area contributed by atoms with Crippen molar-refractivity contribution in [1.82, 2.24) is 15.2 Å². The van der Waals surface area contributed by atoms with Crippen LogP contribution in [-0.2, 0) is 0 Å². The van der Waals surface area contributed by atoms with E-state index in [1.54, 1.807) is 18.3 Å². The fraction of sp³-hybridized carbons (Fsp3) is 0.125. The van der Waals surface area contributed by atoms with E-state index < -0.39 is 0 Å². The molecule has 1 aromatic heterocycles. The van der Waals surface area contributed by atoms with Crippen LogP contribution in [0.2, 0.25) is 5.15 Å². The van der Waals surface area contributed by atoms with Gasteiger partial charge in [-0.1, -0.05) is 23.7 Å². The van der Waals surface area contributed by atoms with E-state index in [1.807, 2.05) is 29.2 Å². The van der Waals surface area contributed by atoms with Crippen LogP contribution in [0.1, 0.15) is 15.9 Å². The third kappa shape index (κ3) is 2.37. The molecule has 2 aromatic rings. The lowest BCUT2D eigenvalue weighted by Gasteiger charge is -2.27. The number of para-hydroxylation sites is 1. The van der Waals surface area contributed by atoms with Crippen molar-refractivity contribution in [2.45, 2.75) is 0 Å². The smallest absolute Gasteiger partial charge is 0.261 e. The third-order valence-corrected chi connectivity index (χ3v) is 4.00. The molecule has 6 nitrogen and oxygen atoms in total. The summed E-state index contributed by atoms with van der Waals surface area (Å²) in [6, 6.07) is 11.0. The minimum atomic E-state index is -0.340. The van der Waals surface area contributed by atoms with Gasteiger partial charge in [0.15, 0.2) is 0 Å². The highest BCUT2D eigenvalue weighted by Crippen LogP contribution is 2.27. The molecule has 1 amide bonds. The lowest BCUT2D eigenvalue weighted by atomic mass is 10.1. The van der Waals surface area contributed by atoms with Crippen LogP contribution in [0, 0.1) is 0 Å². The molecule has 2 aliphatic rings. The molecule has 1 aromatic carbocycles. The fourth-order valence-corrected chi connectivity index (χ4v) is 2.84. The zero-order chi connectivity index (χ0) is 15.8. The zero-order valence-corrected chi connectivity index (χ0v) is 12.8. The van der Waals surface area contributed by atoms with Crippen LogP contribution in [0.3, 0.4) is 0 Å². The number of benzene rings is 1. The number of hydrogen-bond donors (Lipinski definition) is 1. The molecule has 0 saturated carbocycles. The van der Waals surface area contributed by atoms with Crippen molar-refractivity contribution in [1.29, 1.82) is 0 Å². The summed E-state index contributed by atoms with van der Waals surface area (Å²) in [6.07, 6.45) is 1.54. The molecule has 0 fully saturated rings. The number of guanidine groups is 1. The summed E-state index contributed by atoms with van der Waals surface area (Å²) in [5.74, 6) is 0.959. The van der Waals surface area contributed by atoms with Gasteiger partial charge in [-0.05, 0) is 24.3 Å². The van der Waals surface area contributed by atoms with E-state index in [2.05, 4.69) is 20.3 Å². The van der Waals surface area contributed by atoms with Crippen molar-refractivity contribution in [3.8, 4) is 0 Å². The summed E-state index contributed by atoms with van der Waals surface area (Å²) in [4.78, 5) is 27.4. The summed E-state index contributed by atoms with van der Waals surface area (Å²) < 4.78 is 0. The predicted molar refractivity (Wildman–Crippen MR) is 88.4 cm³/mol. The molecule has 4 rings (SSSR count). The van der Waals surface area contributed by atoms with E-state index in [9.17, 15) is 4.79 Å². The Balaban J connectivity index is 1.70. The number of halogens is 1. The van der Waals surface area contributed by atoms with Crippen molar-refractivity contribution in [2.24, 2.45) is 9.98 Å². The third-order valence-electron chi connectivity index (χ3n) is 3.70. The minimum absolute atomic E-state index is 0.164. The Labute approximate surface area is 137 Å². The van der Waals surface area contributed by atoms with Crippen LogP contribution in [0.15, 0.2) is 52.6 Å². The Bertz CT molecular complexity index is 861. The number of hydrogen-bond acceptors (Lipinski definition) is 5. The molecule has 3 heterocycles. The Morgan fingerprint density at radius 1 is 1.22 bits per heavy atom. The molecule has 0 aliphatic carbocycles. The summed E-state index contributed by atoms with van der Waals surface area (Å²) in [5, 5.41) is 2.98. The minimum Gasteiger partial charge on any atom is -0.294 e. The SMILES string of the molecule is O=C(NC1=Nc2ccccc2C2=NCCN12)c1cccnc1Cl. The largest absolute Gasteiger partial charge is 0.294 e. The average molecular weight is 326 g/mol. The van der Waals surface area contributed by atoms with Gasteiger partial charge in [-0.15, -0.1) is 0 Å². The van der Waals surface area contributed by atoms with E-state index >= 15 is 0 Å². The first-order valence-corrected chi connectivity index (χ1v) is 7.54. The van der Waals surface area contributed by atoms with Crippen LogP contribution in [0.4, 0.5) is 5.69 Å². The predicted octanol–water partition coefficient (Wildman–Crippen LogP) is 2.23. The Morgan fingerprint density at radius 2 is 2.09 bits per heavy atom. The summed E-state index contributed by atoms with van der Waals surface area (Å²) in [6.45, 7) is 1.36. The van der Waals surface area contributed by atoms with Crippen LogP contribution in [0.25, 0.3) is 0 Å². The Morgan fingerprint density at radius 3 is 2.96 bits per heavy atom. The Hall–Kier alpha value is -2.73. The molecule has 2 aliphatic heterocycles. The van der Waals surface area contributed by atoms with Gasteiger partial charge in [0, 0.05) is 18.3 Å². The molecule has 23 heavy (non-hydrogen) atoms. The molecule has 0 atom stereocenters. The van der Waals surface area contributed by atoms with Gasteiger partial charge in [-0.25, -0.2) is 9.98 Å². The zero-order valence-electron chi connectivity index (χ0n) is 12.0. The number of pyridine rings is 1. The molecule has 0 saturated heterocycles. The molecule has 114 valence electrons. The highest BCUT2D eigenvalue weighted by atomic mass is 35.5. The second-order valence-electron chi connectivity index (χ2n) is 5.11. The molecule has 0 unspecified atom stereocenters. The number of fused-ring (bicyclic) bond motifs is 3. The first-order chi connectivity index (χ1) is 11.2. The monoisotopic (exact) mass is 325 g/mol. The lowest BCUT2D eigenvalue weighted by Crippen LogP contribution is -2.47. The number of aromatic nitrogens is 1. The van der Waals surface area contributed by atoms with E-state index in [0.29, 0.717) is 24.6 Å². The van der Waals surface area contributed by atoms with Crippen molar-refractivity contribution >= 4 is 35.0 Å². The van der Waals surface area contributed by atoms with Gasteiger partial charge < -0.3 is 0 Å². The average Bonchev–Trinajstić information content (AvgIpc) is 3.05. The van der Waals surface area contributed by atoms with Gasteiger partial charge in [0.2, 0.25) is 5.96 Å². The molecule has 0 radical (unpaired) electrons. The lowest BCUT2D eigenvalue weighted by molar-refractivity contribution is 0.0974. The Kier molecular flexibility index (Phi) is 3.31. The standard InChI is InChI=1S/C16H12ClN5O/c17-13-11(5-3-7-18-13)15(23)21-16-20-12-6-2-1-4-10(12)14-19-8-9-22(14)16/h1-7H,8-9H2,(H,20,21,23). The summed E-state index contributed by atoms with van der Waals surface area (Å²) in [5.41, 5.74) is 2.08. The maximum Gasteiger partial charge on any atom is 0.261 e. The number of nitrogens with one attached hydrogen (secondary N) is 1. The number of amidine groups is 1. The number of carbonyl (C=O) groups excluding carboxylic acids is 1. The van der Waals surface area contributed by atoms with Crippen molar-refractivity contribution in [3.05, 3.63) is 58.9 Å². The number of aliphatic imine (C=N–C) groups is 2. The van der Waals surface area contributed by atoms with Gasteiger partial charge in [0.25, 0.3) is 5.91 Å². The van der Waals surface area contributed by atoms with Crippen molar-refractivity contribution in [3.63, 3.8) is 0 Å². The van der Waals surface area contributed by atoms with Crippen molar-refractivity contribution < 1.29 is 4.79 Å². The molecule has 0 spiro atoms. The van der Waals surface area contributed by atoms with Crippen LogP contribution in [0.5, 0.6) is 0 Å². The normalized spacial score (nSPS) is 15.4. The summed E-state index contributed by atoms with van der Waals surface area (Å²) in [7, 11) is 0. The van der Waals surface area contributed by atoms with Gasteiger partial charge in [0.05, 0.1) is 17.8 Å². The van der Waals surface area contributed by atoms with Gasteiger partial charge in [-0.3, -0.25) is 20.0 Å². The highest BCUT2D eigenvalue weighted by molar-refractivity contribution is 6.33. The molecule has 0 bridgehead atoms. The first kappa shape index (κ1) is 13.9. The quantitative estimate of drug-likeness (QED) is 0.817. The number of rotatable bonds is 1. The maximum absolute atomic E-state index is 12.5. The molecule has 1 N–H and O–H groups in total. The topological polar surface area (TPSA) is 70.0 Å². The molecular weight excluding hydrogens is 314 g/mol. The second kappa shape index (κ2) is 5.48. The fourth-order valence-electron chi connectivity index (χ4n) is 2.64. The van der Waals surface area contributed by atoms with E-state index in [4.69, 9.17) is 11.6 Å².